The van der Waals surface area contributed by atoms with E-state index in [1.165, 1.54) is 12.1 Å². The molecule has 0 saturated heterocycles. The molecule has 1 aromatic heterocycles. The van der Waals surface area contributed by atoms with Crippen LogP contribution >= 0.6 is 0 Å². The minimum absolute atomic E-state index is 0.0399. The van der Waals surface area contributed by atoms with Gasteiger partial charge in [0.25, 0.3) is 0 Å². The maximum Gasteiger partial charge on any atom is 0.337 e. The van der Waals surface area contributed by atoms with Gasteiger partial charge in [-0.2, -0.15) is 0 Å². The predicted octanol–water partition coefficient (Wildman–Crippen LogP) is 2.66. The minimum atomic E-state index is -1.09. The van der Waals surface area contributed by atoms with E-state index in [1.54, 1.807) is 37.4 Å². The molecular formula is C15H15N3O3. The number of para-hydroxylation sites is 1. The fourth-order valence-corrected chi connectivity index (χ4v) is 1.84. The third-order valence-corrected chi connectivity index (χ3v) is 2.88. The molecule has 108 valence electrons. The number of aromatic nitrogens is 1. The first-order valence-corrected chi connectivity index (χ1v) is 6.38. The molecule has 6 heteroatoms. The number of benzene rings is 1. The van der Waals surface area contributed by atoms with Gasteiger partial charge in [0.2, 0.25) is 0 Å². The largest absolute Gasteiger partial charge is 0.478 e. The molecule has 0 bridgehead atoms. The van der Waals surface area contributed by atoms with Gasteiger partial charge >= 0.3 is 12.0 Å². The highest BCUT2D eigenvalue weighted by molar-refractivity contribution is 6.00. The lowest BCUT2D eigenvalue weighted by Gasteiger charge is -2.15. The highest BCUT2D eigenvalue weighted by Gasteiger charge is 2.14. The molecule has 0 aliphatic carbocycles. The molecule has 1 unspecified atom stereocenters. The number of aromatic carboxylic acids is 1. The van der Waals surface area contributed by atoms with E-state index >= 15 is 0 Å². The lowest BCUT2D eigenvalue weighted by Crippen LogP contribution is -2.32. The van der Waals surface area contributed by atoms with E-state index in [0.717, 1.165) is 5.69 Å². The average molecular weight is 285 g/mol. The summed E-state index contributed by atoms with van der Waals surface area (Å²) in [7, 11) is 0. The Morgan fingerprint density at radius 2 is 1.86 bits per heavy atom. The normalized spacial score (nSPS) is 11.5. The number of anilines is 1. The fraction of sp³-hybridized carbons (Fsp3) is 0.133. The summed E-state index contributed by atoms with van der Waals surface area (Å²) < 4.78 is 0. The zero-order chi connectivity index (χ0) is 15.2. The van der Waals surface area contributed by atoms with Crippen LogP contribution in [-0.2, 0) is 0 Å². The van der Waals surface area contributed by atoms with Crippen LogP contribution in [0.4, 0.5) is 10.5 Å². The highest BCUT2D eigenvalue weighted by Crippen LogP contribution is 2.15. The molecule has 0 aliphatic heterocycles. The molecule has 21 heavy (non-hydrogen) atoms. The van der Waals surface area contributed by atoms with Gasteiger partial charge in [-0.25, -0.2) is 9.59 Å². The molecule has 2 rings (SSSR count). The van der Waals surface area contributed by atoms with Crippen LogP contribution in [0.1, 0.15) is 29.0 Å². The first-order chi connectivity index (χ1) is 10.1. The van der Waals surface area contributed by atoms with E-state index < -0.39 is 12.0 Å². The summed E-state index contributed by atoms with van der Waals surface area (Å²) in [5.74, 6) is -1.09. The van der Waals surface area contributed by atoms with Crippen molar-refractivity contribution >= 4 is 17.7 Å². The summed E-state index contributed by atoms with van der Waals surface area (Å²) in [6.45, 7) is 1.80. The number of carbonyl (C=O) groups excluding carboxylic acids is 1. The molecule has 0 fully saturated rings. The van der Waals surface area contributed by atoms with Gasteiger partial charge in [0.15, 0.2) is 0 Å². The Bertz CT molecular complexity index is 644. The van der Waals surface area contributed by atoms with Gasteiger partial charge in [-0.3, -0.25) is 4.98 Å². The van der Waals surface area contributed by atoms with E-state index in [9.17, 15) is 9.59 Å². The number of amides is 2. The maximum absolute atomic E-state index is 11.9. The zero-order valence-electron chi connectivity index (χ0n) is 11.4. The molecule has 2 aromatic rings. The van der Waals surface area contributed by atoms with E-state index in [1.807, 2.05) is 6.07 Å². The van der Waals surface area contributed by atoms with Crippen molar-refractivity contribution in [3.8, 4) is 0 Å². The number of carbonyl (C=O) groups is 2. The maximum atomic E-state index is 11.9. The Morgan fingerprint density at radius 1 is 1.14 bits per heavy atom. The first-order valence-electron chi connectivity index (χ1n) is 6.38. The lowest BCUT2D eigenvalue weighted by atomic mass is 10.2. The Labute approximate surface area is 121 Å². The van der Waals surface area contributed by atoms with Crippen LogP contribution in [0.15, 0.2) is 48.7 Å². The molecule has 2 amide bonds. The number of carboxylic acids is 1. The average Bonchev–Trinajstić information content (AvgIpc) is 2.48. The third kappa shape index (κ3) is 3.79. The second-order valence-corrected chi connectivity index (χ2v) is 4.43. The van der Waals surface area contributed by atoms with Crippen LogP contribution in [0.3, 0.4) is 0 Å². The standard InChI is InChI=1S/C15H15N3O3/c1-10(12-7-4-5-9-16-12)17-15(21)18-13-8-3-2-6-11(13)14(19)20/h2-10H,1H3,(H,19,20)(H2,17,18,21). The number of rotatable bonds is 4. The van der Waals surface area contributed by atoms with Crippen LogP contribution in [0.5, 0.6) is 0 Å². The fourth-order valence-electron chi connectivity index (χ4n) is 1.84. The Morgan fingerprint density at radius 3 is 2.52 bits per heavy atom. The number of nitrogens with zero attached hydrogens (tertiary/aromatic N) is 1. The van der Waals surface area contributed by atoms with Crippen LogP contribution in [-0.4, -0.2) is 22.1 Å². The predicted molar refractivity (Wildman–Crippen MR) is 78.2 cm³/mol. The van der Waals surface area contributed by atoms with Gasteiger partial charge in [-0.15, -0.1) is 0 Å². The lowest BCUT2D eigenvalue weighted by molar-refractivity contribution is 0.0698. The number of hydrogen-bond donors (Lipinski definition) is 3. The zero-order valence-corrected chi connectivity index (χ0v) is 11.4. The van der Waals surface area contributed by atoms with Crippen LogP contribution in [0.2, 0.25) is 0 Å². The second kappa shape index (κ2) is 6.51. The van der Waals surface area contributed by atoms with Gasteiger partial charge in [0.05, 0.1) is 23.0 Å². The quantitative estimate of drug-likeness (QED) is 0.805. The summed E-state index contributed by atoms with van der Waals surface area (Å²) >= 11 is 0. The molecule has 3 N–H and O–H groups in total. The molecule has 0 radical (unpaired) electrons. The highest BCUT2D eigenvalue weighted by atomic mass is 16.4. The van der Waals surface area contributed by atoms with E-state index in [-0.39, 0.29) is 17.3 Å². The number of hydrogen-bond acceptors (Lipinski definition) is 3. The smallest absolute Gasteiger partial charge is 0.337 e. The minimum Gasteiger partial charge on any atom is -0.478 e. The molecule has 1 aromatic carbocycles. The van der Waals surface area contributed by atoms with Crippen molar-refractivity contribution in [2.45, 2.75) is 13.0 Å². The van der Waals surface area contributed by atoms with E-state index in [2.05, 4.69) is 15.6 Å². The summed E-state index contributed by atoms with van der Waals surface area (Å²) in [6, 6.07) is 10.9. The Kier molecular flexibility index (Phi) is 4.50. The third-order valence-electron chi connectivity index (χ3n) is 2.88. The van der Waals surface area contributed by atoms with Crippen LogP contribution in [0, 0.1) is 0 Å². The number of pyridine rings is 1. The first kappa shape index (κ1) is 14.5. The Hall–Kier alpha value is -2.89. The summed E-state index contributed by atoms with van der Waals surface area (Å²) in [5, 5.41) is 14.3. The Balaban J connectivity index is 2.04. The summed E-state index contributed by atoms with van der Waals surface area (Å²) in [5.41, 5.74) is 1.01. The molecule has 6 nitrogen and oxygen atoms in total. The van der Waals surface area contributed by atoms with Crippen molar-refractivity contribution in [3.05, 3.63) is 59.9 Å². The molecule has 0 aliphatic rings. The van der Waals surface area contributed by atoms with E-state index in [4.69, 9.17) is 5.11 Å². The van der Waals surface area contributed by atoms with Crippen molar-refractivity contribution in [3.63, 3.8) is 0 Å². The number of carboxylic acid groups (broad SMARTS) is 1. The number of nitrogens with one attached hydrogen (secondary N) is 2. The number of urea groups is 1. The van der Waals surface area contributed by atoms with Crippen molar-refractivity contribution in [1.82, 2.24) is 10.3 Å². The summed E-state index contributed by atoms with van der Waals surface area (Å²) in [4.78, 5) is 27.1. The summed E-state index contributed by atoms with van der Waals surface area (Å²) in [6.07, 6.45) is 1.64. The van der Waals surface area contributed by atoms with Gasteiger partial charge in [-0.05, 0) is 31.2 Å². The topological polar surface area (TPSA) is 91.3 Å². The molecule has 1 atom stereocenters. The van der Waals surface area contributed by atoms with Crippen molar-refractivity contribution in [2.24, 2.45) is 0 Å². The SMILES string of the molecule is CC(NC(=O)Nc1ccccc1C(=O)O)c1ccccn1. The monoisotopic (exact) mass is 285 g/mol. The molecule has 1 heterocycles. The van der Waals surface area contributed by atoms with Gasteiger partial charge in [0.1, 0.15) is 0 Å². The van der Waals surface area contributed by atoms with Gasteiger partial charge < -0.3 is 15.7 Å². The van der Waals surface area contributed by atoms with Crippen molar-refractivity contribution < 1.29 is 14.7 Å². The molecule has 0 spiro atoms. The van der Waals surface area contributed by atoms with E-state index in [0.29, 0.717) is 0 Å². The van der Waals surface area contributed by atoms with Crippen LogP contribution < -0.4 is 10.6 Å². The van der Waals surface area contributed by atoms with Gasteiger partial charge in [-0.1, -0.05) is 18.2 Å². The molecular weight excluding hydrogens is 270 g/mol. The van der Waals surface area contributed by atoms with Gasteiger partial charge in [0, 0.05) is 6.20 Å². The second-order valence-electron chi connectivity index (χ2n) is 4.43. The van der Waals surface area contributed by atoms with Crippen LogP contribution in [0.25, 0.3) is 0 Å². The van der Waals surface area contributed by atoms with Crippen molar-refractivity contribution in [2.75, 3.05) is 5.32 Å². The van der Waals surface area contributed by atoms with Crippen molar-refractivity contribution in [1.29, 1.82) is 0 Å². The molecule has 0 saturated carbocycles.